The molecule has 0 saturated heterocycles. The van der Waals surface area contributed by atoms with Gasteiger partial charge in [0.1, 0.15) is 5.01 Å². The first-order valence-electron chi connectivity index (χ1n) is 6.22. The number of benzene rings is 1. The molecule has 1 amide bonds. The number of nitrogens with two attached hydrogens (primary N) is 1. The summed E-state index contributed by atoms with van der Waals surface area (Å²) in [6.45, 7) is 2.03. The van der Waals surface area contributed by atoms with Gasteiger partial charge in [-0.1, -0.05) is 25.1 Å². The van der Waals surface area contributed by atoms with Gasteiger partial charge in [-0.15, -0.1) is 11.3 Å². The minimum absolute atomic E-state index is 0.0163. The molecule has 4 nitrogen and oxygen atoms in total. The first-order chi connectivity index (χ1) is 9.20. The van der Waals surface area contributed by atoms with Gasteiger partial charge in [0.2, 0.25) is 5.91 Å². The molecule has 5 heteroatoms. The Balaban J connectivity index is 1.99. The average Bonchev–Trinajstić information content (AvgIpc) is 2.92. The van der Waals surface area contributed by atoms with Crippen LogP contribution >= 0.6 is 11.3 Å². The number of hydrogen-bond donors (Lipinski definition) is 2. The summed E-state index contributed by atoms with van der Waals surface area (Å²) in [5, 5.41) is 5.86. The van der Waals surface area contributed by atoms with Crippen LogP contribution in [0.25, 0.3) is 0 Å². The minimum Gasteiger partial charge on any atom is -0.398 e. The topological polar surface area (TPSA) is 68.0 Å². The number of rotatable bonds is 5. The number of carbonyl (C=O) groups excluding carboxylic acids is 1. The fourth-order valence-corrected chi connectivity index (χ4v) is 2.63. The van der Waals surface area contributed by atoms with E-state index in [0.717, 1.165) is 17.0 Å². The maximum Gasteiger partial charge on any atom is 0.225 e. The molecule has 19 heavy (non-hydrogen) atoms. The zero-order chi connectivity index (χ0) is 13.7. The number of anilines is 1. The molecule has 100 valence electrons. The van der Waals surface area contributed by atoms with E-state index in [0.29, 0.717) is 12.1 Å². The van der Waals surface area contributed by atoms with Crippen LogP contribution in [0.3, 0.4) is 0 Å². The summed E-state index contributed by atoms with van der Waals surface area (Å²) in [6.07, 6.45) is 2.88. The molecule has 0 aliphatic rings. The van der Waals surface area contributed by atoms with E-state index in [1.807, 2.05) is 30.5 Å². The van der Waals surface area contributed by atoms with Gasteiger partial charge in [-0.25, -0.2) is 4.98 Å². The van der Waals surface area contributed by atoms with Gasteiger partial charge in [0, 0.05) is 17.3 Å². The van der Waals surface area contributed by atoms with Gasteiger partial charge < -0.3 is 11.1 Å². The molecule has 1 heterocycles. The van der Waals surface area contributed by atoms with Crippen LogP contribution < -0.4 is 11.1 Å². The Labute approximate surface area is 116 Å². The van der Waals surface area contributed by atoms with Crippen molar-refractivity contribution in [2.24, 2.45) is 0 Å². The Kier molecular flexibility index (Phi) is 4.52. The average molecular weight is 275 g/mol. The number of amides is 1. The Bertz CT molecular complexity index is 539. The number of para-hydroxylation sites is 1. The van der Waals surface area contributed by atoms with Crippen LogP contribution in [0, 0.1) is 0 Å². The van der Waals surface area contributed by atoms with Crippen molar-refractivity contribution in [3.63, 3.8) is 0 Å². The van der Waals surface area contributed by atoms with Gasteiger partial charge in [-0.2, -0.15) is 0 Å². The van der Waals surface area contributed by atoms with E-state index in [9.17, 15) is 4.79 Å². The van der Waals surface area contributed by atoms with E-state index in [4.69, 9.17) is 5.73 Å². The molecule has 0 saturated carbocycles. The van der Waals surface area contributed by atoms with Gasteiger partial charge in [-0.3, -0.25) is 4.79 Å². The lowest BCUT2D eigenvalue weighted by atomic mass is 10.1. The van der Waals surface area contributed by atoms with Gasteiger partial charge in [0.25, 0.3) is 0 Å². The monoisotopic (exact) mass is 275 g/mol. The number of thiazole rings is 1. The summed E-state index contributed by atoms with van der Waals surface area (Å²) >= 11 is 1.56. The van der Waals surface area contributed by atoms with Crippen molar-refractivity contribution in [1.29, 1.82) is 0 Å². The van der Waals surface area contributed by atoms with Gasteiger partial charge in [0.05, 0.1) is 12.5 Å². The largest absolute Gasteiger partial charge is 0.398 e. The second-order valence-corrected chi connectivity index (χ2v) is 5.20. The van der Waals surface area contributed by atoms with Crippen molar-refractivity contribution >= 4 is 22.9 Å². The third kappa shape index (κ3) is 3.54. The molecule has 1 aromatic heterocycles. The summed E-state index contributed by atoms with van der Waals surface area (Å²) in [6, 6.07) is 7.41. The molecule has 2 aromatic rings. The molecule has 0 aliphatic heterocycles. The van der Waals surface area contributed by atoms with Crippen LogP contribution in [0.2, 0.25) is 0 Å². The number of nitrogens with one attached hydrogen (secondary N) is 1. The number of aromatic nitrogens is 1. The van der Waals surface area contributed by atoms with E-state index >= 15 is 0 Å². The Morgan fingerprint density at radius 2 is 2.26 bits per heavy atom. The van der Waals surface area contributed by atoms with Crippen LogP contribution in [0.4, 0.5) is 5.69 Å². The summed E-state index contributed by atoms with van der Waals surface area (Å²) in [7, 11) is 0. The molecule has 1 unspecified atom stereocenters. The third-order valence-corrected chi connectivity index (χ3v) is 3.79. The molecule has 0 radical (unpaired) electrons. The van der Waals surface area contributed by atoms with E-state index in [1.54, 1.807) is 23.6 Å². The van der Waals surface area contributed by atoms with Crippen LogP contribution in [-0.2, 0) is 11.2 Å². The number of carbonyl (C=O) groups is 1. The van der Waals surface area contributed by atoms with Crippen molar-refractivity contribution in [2.45, 2.75) is 25.8 Å². The van der Waals surface area contributed by atoms with Crippen molar-refractivity contribution < 1.29 is 4.79 Å². The number of nitrogen functional groups attached to an aromatic ring is 1. The van der Waals surface area contributed by atoms with E-state index < -0.39 is 0 Å². The maximum atomic E-state index is 12.0. The summed E-state index contributed by atoms with van der Waals surface area (Å²) in [5.74, 6) is -0.0278. The molecule has 0 bridgehead atoms. The summed E-state index contributed by atoms with van der Waals surface area (Å²) in [4.78, 5) is 16.3. The predicted octanol–water partition coefficient (Wildman–Crippen LogP) is 2.54. The number of nitrogens with zero attached hydrogens (tertiary/aromatic N) is 1. The van der Waals surface area contributed by atoms with Crippen molar-refractivity contribution in [3.8, 4) is 0 Å². The van der Waals surface area contributed by atoms with Crippen molar-refractivity contribution in [1.82, 2.24) is 10.3 Å². The summed E-state index contributed by atoms with van der Waals surface area (Å²) < 4.78 is 0. The van der Waals surface area contributed by atoms with Crippen LogP contribution in [0.1, 0.15) is 30.0 Å². The summed E-state index contributed by atoms with van der Waals surface area (Å²) in [5.41, 5.74) is 7.34. The van der Waals surface area contributed by atoms with Gasteiger partial charge in [-0.05, 0) is 18.1 Å². The highest BCUT2D eigenvalue weighted by molar-refractivity contribution is 7.09. The molecule has 0 spiro atoms. The molecule has 1 aromatic carbocycles. The Morgan fingerprint density at radius 3 is 2.89 bits per heavy atom. The molecule has 1 atom stereocenters. The van der Waals surface area contributed by atoms with Gasteiger partial charge in [0.15, 0.2) is 0 Å². The molecule has 0 fully saturated rings. The first kappa shape index (κ1) is 13.5. The van der Waals surface area contributed by atoms with Crippen molar-refractivity contribution in [3.05, 3.63) is 46.4 Å². The lowest BCUT2D eigenvalue weighted by molar-refractivity contribution is -0.121. The lowest BCUT2D eigenvalue weighted by Gasteiger charge is -2.14. The highest BCUT2D eigenvalue weighted by atomic mass is 32.1. The SMILES string of the molecule is CCC(NC(=O)Cc1ccccc1N)c1nccs1. The van der Waals surface area contributed by atoms with E-state index in [-0.39, 0.29) is 11.9 Å². The fraction of sp³-hybridized carbons (Fsp3) is 0.286. The standard InChI is InChI=1S/C14H17N3OS/c1-2-12(14-16-7-8-19-14)17-13(18)9-10-5-3-4-6-11(10)15/h3-8,12H,2,9,15H2,1H3,(H,17,18). The van der Waals surface area contributed by atoms with Crippen molar-refractivity contribution in [2.75, 3.05) is 5.73 Å². The highest BCUT2D eigenvalue weighted by Crippen LogP contribution is 2.19. The first-order valence-corrected chi connectivity index (χ1v) is 7.10. The van der Waals surface area contributed by atoms with Crippen LogP contribution in [-0.4, -0.2) is 10.9 Å². The predicted molar refractivity (Wildman–Crippen MR) is 77.8 cm³/mol. The zero-order valence-electron chi connectivity index (χ0n) is 10.8. The molecule has 2 rings (SSSR count). The molecule has 0 aliphatic carbocycles. The molecular weight excluding hydrogens is 258 g/mol. The smallest absolute Gasteiger partial charge is 0.225 e. The van der Waals surface area contributed by atoms with Gasteiger partial charge >= 0.3 is 0 Å². The maximum absolute atomic E-state index is 12.0. The Hall–Kier alpha value is -1.88. The molecular formula is C14H17N3OS. The van der Waals surface area contributed by atoms with E-state index in [1.165, 1.54) is 0 Å². The second-order valence-electron chi connectivity index (χ2n) is 4.27. The normalized spacial score (nSPS) is 12.1. The fourth-order valence-electron chi connectivity index (χ4n) is 1.86. The van der Waals surface area contributed by atoms with Crippen LogP contribution in [0.15, 0.2) is 35.8 Å². The highest BCUT2D eigenvalue weighted by Gasteiger charge is 2.15. The number of hydrogen-bond acceptors (Lipinski definition) is 4. The zero-order valence-corrected chi connectivity index (χ0v) is 11.6. The lowest BCUT2D eigenvalue weighted by Crippen LogP contribution is -2.29. The molecule has 3 N–H and O–H groups in total. The minimum atomic E-state index is -0.0278. The second kappa shape index (κ2) is 6.33. The van der Waals surface area contributed by atoms with E-state index in [2.05, 4.69) is 10.3 Å². The van der Waals surface area contributed by atoms with Crippen LogP contribution in [0.5, 0.6) is 0 Å². The Morgan fingerprint density at radius 1 is 1.47 bits per heavy atom. The third-order valence-electron chi connectivity index (χ3n) is 2.90. The quantitative estimate of drug-likeness (QED) is 0.824.